The molecule has 0 aliphatic carbocycles. The second-order valence-electron chi connectivity index (χ2n) is 6.05. The van der Waals surface area contributed by atoms with E-state index in [4.69, 9.17) is 4.74 Å². The van der Waals surface area contributed by atoms with Gasteiger partial charge in [0.25, 0.3) is 0 Å². The summed E-state index contributed by atoms with van der Waals surface area (Å²) in [4.78, 5) is 11.6. The minimum Gasteiger partial charge on any atom is -0.444 e. The van der Waals surface area contributed by atoms with Gasteiger partial charge in [-0.1, -0.05) is 6.92 Å². The lowest BCUT2D eigenvalue weighted by Gasteiger charge is -2.27. The van der Waals surface area contributed by atoms with Crippen LogP contribution in [0, 0.1) is 11.8 Å². The van der Waals surface area contributed by atoms with E-state index >= 15 is 0 Å². The summed E-state index contributed by atoms with van der Waals surface area (Å²) in [7, 11) is 0. The van der Waals surface area contributed by atoms with Gasteiger partial charge in [0.1, 0.15) is 5.60 Å². The Balaban J connectivity index is 2.37. The van der Waals surface area contributed by atoms with E-state index in [1.165, 1.54) is 6.42 Å². The number of nitrogens with one attached hydrogen (secondary N) is 2. The van der Waals surface area contributed by atoms with Gasteiger partial charge in [0.15, 0.2) is 0 Å². The summed E-state index contributed by atoms with van der Waals surface area (Å²) in [6, 6.07) is 0.148. The van der Waals surface area contributed by atoms with Gasteiger partial charge in [-0.3, -0.25) is 0 Å². The van der Waals surface area contributed by atoms with E-state index in [1.807, 2.05) is 27.7 Å². The van der Waals surface area contributed by atoms with Crippen LogP contribution < -0.4 is 10.6 Å². The van der Waals surface area contributed by atoms with Gasteiger partial charge in [-0.15, -0.1) is 0 Å². The average molecular weight is 242 g/mol. The zero-order chi connectivity index (χ0) is 13.1. The van der Waals surface area contributed by atoms with Crippen LogP contribution in [0.25, 0.3) is 0 Å². The van der Waals surface area contributed by atoms with Gasteiger partial charge >= 0.3 is 6.09 Å². The van der Waals surface area contributed by atoms with Crippen molar-refractivity contribution in [3.8, 4) is 0 Å². The highest BCUT2D eigenvalue weighted by atomic mass is 16.6. The summed E-state index contributed by atoms with van der Waals surface area (Å²) in [5.41, 5.74) is -0.429. The Morgan fingerprint density at radius 3 is 2.53 bits per heavy atom. The molecule has 1 aliphatic rings. The average Bonchev–Trinajstić information content (AvgIpc) is 2.65. The van der Waals surface area contributed by atoms with E-state index in [2.05, 4.69) is 17.6 Å². The van der Waals surface area contributed by atoms with Crippen LogP contribution in [-0.2, 0) is 4.74 Å². The first-order valence-electron chi connectivity index (χ1n) is 6.50. The first kappa shape index (κ1) is 14.3. The van der Waals surface area contributed by atoms with Crippen LogP contribution in [0.15, 0.2) is 0 Å². The van der Waals surface area contributed by atoms with E-state index < -0.39 is 5.60 Å². The summed E-state index contributed by atoms with van der Waals surface area (Å²) < 4.78 is 5.26. The number of hydrogen-bond donors (Lipinski definition) is 2. The Labute approximate surface area is 104 Å². The van der Waals surface area contributed by atoms with E-state index in [-0.39, 0.29) is 12.1 Å². The van der Waals surface area contributed by atoms with Crippen molar-refractivity contribution in [3.05, 3.63) is 0 Å². The molecule has 100 valence electrons. The molecule has 1 unspecified atom stereocenters. The summed E-state index contributed by atoms with van der Waals surface area (Å²) >= 11 is 0. The van der Waals surface area contributed by atoms with Gasteiger partial charge < -0.3 is 15.4 Å². The Bertz CT molecular complexity index is 255. The predicted molar refractivity (Wildman–Crippen MR) is 69.0 cm³/mol. The zero-order valence-electron chi connectivity index (χ0n) is 11.7. The lowest BCUT2D eigenvalue weighted by molar-refractivity contribution is 0.0485. The molecule has 17 heavy (non-hydrogen) atoms. The molecule has 3 atom stereocenters. The SMILES string of the molecule is C[C@@H](NC(=O)OC(C)(C)C)[C@@H](C)C1CCNC1. The Morgan fingerprint density at radius 1 is 1.41 bits per heavy atom. The molecule has 0 radical (unpaired) electrons. The lowest BCUT2D eigenvalue weighted by Crippen LogP contribution is -2.42. The van der Waals surface area contributed by atoms with E-state index in [0.29, 0.717) is 11.8 Å². The molecule has 1 rings (SSSR count). The van der Waals surface area contributed by atoms with Crippen molar-refractivity contribution in [1.29, 1.82) is 0 Å². The normalized spacial score (nSPS) is 24.2. The lowest BCUT2D eigenvalue weighted by atomic mass is 9.88. The van der Waals surface area contributed by atoms with Gasteiger partial charge in [0.05, 0.1) is 0 Å². The molecular formula is C13H26N2O2. The third-order valence-electron chi connectivity index (χ3n) is 3.38. The molecule has 0 spiro atoms. The number of alkyl carbamates (subject to hydrolysis) is 1. The van der Waals surface area contributed by atoms with E-state index in [1.54, 1.807) is 0 Å². The Kier molecular flexibility index (Phi) is 4.80. The smallest absolute Gasteiger partial charge is 0.407 e. The molecule has 0 saturated carbocycles. The van der Waals surface area contributed by atoms with Crippen LogP contribution in [0.1, 0.15) is 41.0 Å². The standard InChI is InChI=1S/C13H26N2O2/c1-9(11-6-7-14-8-11)10(2)15-12(16)17-13(3,4)5/h9-11,14H,6-8H2,1-5H3,(H,15,16)/t9-,10-,11?/m1/s1. The Hall–Kier alpha value is -0.770. The molecule has 0 aromatic rings. The maximum Gasteiger partial charge on any atom is 0.407 e. The van der Waals surface area contributed by atoms with Crippen molar-refractivity contribution in [1.82, 2.24) is 10.6 Å². The molecule has 0 bridgehead atoms. The first-order chi connectivity index (χ1) is 7.79. The summed E-state index contributed by atoms with van der Waals surface area (Å²) in [5, 5.41) is 6.28. The summed E-state index contributed by atoms with van der Waals surface area (Å²) in [5.74, 6) is 1.12. The van der Waals surface area contributed by atoms with Crippen LogP contribution in [0.5, 0.6) is 0 Å². The summed E-state index contributed by atoms with van der Waals surface area (Å²) in [6.45, 7) is 12.0. The fourth-order valence-electron chi connectivity index (χ4n) is 2.16. The molecule has 2 N–H and O–H groups in total. The van der Waals surface area contributed by atoms with Gasteiger partial charge in [-0.25, -0.2) is 4.79 Å². The molecule has 1 heterocycles. The van der Waals surface area contributed by atoms with Gasteiger partial charge in [0.2, 0.25) is 0 Å². The fraction of sp³-hybridized carbons (Fsp3) is 0.923. The molecule has 1 fully saturated rings. The molecule has 1 amide bonds. The minimum atomic E-state index is -0.429. The second-order valence-corrected chi connectivity index (χ2v) is 6.05. The van der Waals surface area contributed by atoms with Crippen LogP contribution in [0.2, 0.25) is 0 Å². The molecule has 4 nitrogen and oxygen atoms in total. The van der Waals surface area contributed by atoms with Gasteiger partial charge in [0, 0.05) is 6.04 Å². The highest BCUT2D eigenvalue weighted by molar-refractivity contribution is 5.68. The molecule has 4 heteroatoms. The largest absolute Gasteiger partial charge is 0.444 e. The number of amides is 1. The second kappa shape index (κ2) is 5.71. The topological polar surface area (TPSA) is 50.4 Å². The molecular weight excluding hydrogens is 216 g/mol. The van der Waals surface area contributed by atoms with Crippen molar-refractivity contribution in [2.24, 2.45) is 11.8 Å². The molecule has 0 aromatic carbocycles. The first-order valence-corrected chi connectivity index (χ1v) is 6.50. The van der Waals surface area contributed by atoms with Crippen molar-refractivity contribution < 1.29 is 9.53 Å². The number of hydrogen-bond acceptors (Lipinski definition) is 3. The monoisotopic (exact) mass is 242 g/mol. The van der Waals surface area contributed by atoms with E-state index in [9.17, 15) is 4.79 Å². The summed E-state index contributed by atoms with van der Waals surface area (Å²) in [6.07, 6.45) is 0.879. The number of rotatable bonds is 3. The fourth-order valence-corrected chi connectivity index (χ4v) is 2.16. The quantitative estimate of drug-likeness (QED) is 0.797. The number of carbonyl (C=O) groups is 1. The number of ether oxygens (including phenoxy) is 1. The maximum absolute atomic E-state index is 11.6. The zero-order valence-corrected chi connectivity index (χ0v) is 11.7. The Morgan fingerprint density at radius 2 is 2.06 bits per heavy atom. The predicted octanol–water partition coefficient (Wildman–Crippen LogP) is 2.15. The molecule has 1 aliphatic heterocycles. The van der Waals surface area contributed by atoms with Crippen LogP contribution >= 0.6 is 0 Å². The van der Waals surface area contributed by atoms with Crippen LogP contribution in [0.4, 0.5) is 4.79 Å². The van der Waals surface area contributed by atoms with Crippen molar-refractivity contribution in [3.63, 3.8) is 0 Å². The number of carbonyl (C=O) groups excluding carboxylic acids is 1. The third kappa shape index (κ3) is 4.94. The van der Waals surface area contributed by atoms with Crippen LogP contribution in [0.3, 0.4) is 0 Å². The van der Waals surface area contributed by atoms with Crippen molar-refractivity contribution in [2.45, 2.75) is 52.7 Å². The maximum atomic E-state index is 11.6. The van der Waals surface area contributed by atoms with Gasteiger partial charge in [-0.05, 0) is 59.0 Å². The van der Waals surface area contributed by atoms with Gasteiger partial charge in [-0.2, -0.15) is 0 Å². The highest BCUT2D eigenvalue weighted by Gasteiger charge is 2.27. The van der Waals surface area contributed by atoms with Crippen molar-refractivity contribution in [2.75, 3.05) is 13.1 Å². The van der Waals surface area contributed by atoms with Crippen LogP contribution in [-0.4, -0.2) is 30.8 Å². The molecule has 1 saturated heterocycles. The van der Waals surface area contributed by atoms with E-state index in [0.717, 1.165) is 13.1 Å². The molecule has 0 aromatic heterocycles. The highest BCUT2D eigenvalue weighted by Crippen LogP contribution is 2.21. The van der Waals surface area contributed by atoms with Crippen molar-refractivity contribution >= 4 is 6.09 Å². The third-order valence-corrected chi connectivity index (χ3v) is 3.38. The minimum absolute atomic E-state index is 0.148.